The second-order valence-electron chi connectivity index (χ2n) is 5.59. The average molecular weight is 352 g/mol. The molecule has 2 heterocycles. The molecule has 0 atom stereocenters. The third-order valence-corrected chi connectivity index (χ3v) is 4.01. The van der Waals surface area contributed by atoms with Gasteiger partial charge in [0.25, 0.3) is 0 Å². The zero-order valence-corrected chi connectivity index (χ0v) is 13.1. The van der Waals surface area contributed by atoms with Crippen LogP contribution in [0.2, 0.25) is 0 Å². The van der Waals surface area contributed by atoms with Crippen molar-refractivity contribution in [2.75, 3.05) is 31.1 Å². The van der Waals surface area contributed by atoms with Crippen molar-refractivity contribution in [1.29, 1.82) is 0 Å². The summed E-state index contributed by atoms with van der Waals surface area (Å²) < 4.78 is 39.8. The van der Waals surface area contributed by atoms with E-state index in [-0.39, 0.29) is 18.7 Å². The first-order valence-corrected chi connectivity index (χ1v) is 7.59. The Hall–Kier alpha value is -2.84. The number of piperazine rings is 1. The molecule has 1 aromatic heterocycles. The Bertz CT molecular complexity index is 760. The van der Waals surface area contributed by atoms with Crippen LogP contribution >= 0.6 is 0 Å². The summed E-state index contributed by atoms with van der Waals surface area (Å²) in [5, 5.41) is 16.1. The molecule has 1 N–H and O–H groups in total. The summed E-state index contributed by atoms with van der Waals surface area (Å²) in [4.78, 5) is 13.9. The van der Waals surface area contributed by atoms with Gasteiger partial charge in [-0.25, -0.2) is 4.79 Å². The molecular formula is C16H15F3N4O2. The molecule has 1 saturated heterocycles. The lowest BCUT2D eigenvalue weighted by Crippen LogP contribution is -2.48. The number of aromatic nitrogens is 2. The summed E-state index contributed by atoms with van der Waals surface area (Å²) >= 11 is 0. The zero-order chi connectivity index (χ0) is 18.0. The van der Waals surface area contributed by atoms with Crippen molar-refractivity contribution in [3.8, 4) is 11.1 Å². The summed E-state index contributed by atoms with van der Waals surface area (Å²) in [5.41, 5.74) is -0.680. The van der Waals surface area contributed by atoms with Crippen molar-refractivity contribution in [3.05, 3.63) is 42.1 Å². The molecule has 1 fully saturated rings. The number of benzene rings is 1. The van der Waals surface area contributed by atoms with Gasteiger partial charge >= 0.3 is 12.3 Å². The number of carbonyl (C=O) groups is 1. The molecular weight excluding hydrogens is 337 g/mol. The molecule has 25 heavy (non-hydrogen) atoms. The van der Waals surface area contributed by atoms with Gasteiger partial charge in [0.2, 0.25) is 0 Å². The second kappa shape index (κ2) is 6.58. The maximum absolute atomic E-state index is 13.3. The van der Waals surface area contributed by atoms with Crippen LogP contribution in [0.3, 0.4) is 0 Å². The Kier molecular flexibility index (Phi) is 4.47. The molecule has 6 nitrogen and oxygen atoms in total. The highest BCUT2D eigenvalue weighted by Gasteiger charge is 2.37. The quantitative estimate of drug-likeness (QED) is 0.900. The van der Waals surface area contributed by atoms with E-state index in [4.69, 9.17) is 5.11 Å². The van der Waals surface area contributed by atoms with Gasteiger partial charge < -0.3 is 14.9 Å². The first-order chi connectivity index (χ1) is 11.9. The lowest BCUT2D eigenvalue weighted by molar-refractivity contribution is -0.141. The van der Waals surface area contributed by atoms with Crippen LogP contribution < -0.4 is 4.90 Å². The van der Waals surface area contributed by atoms with E-state index in [2.05, 4.69) is 10.2 Å². The molecule has 1 amide bonds. The van der Waals surface area contributed by atoms with Crippen molar-refractivity contribution in [3.63, 3.8) is 0 Å². The van der Waals surface area contributed by atoms with Gasteiger partial charge in [0.1, 0.15) is 0 Å². The molecule has 132 valence electrons. The standard InChI is InChI=1S/C16H15F3N4O2/c17-16(18,19)14-12(11-4-2-1-3-5-11)10-13(20-21-14)22-6-8-23(9-7-22)15(24)25/h1-5,10H,6-9H2,(H,24,25). The van der Waals surface area contributed by atoms with Crippen LogP contribution in [0.25, 0.3) is 11.1 Å². The predicted octanol–water partition coefficient (Wildman–Crippen LogP) is 2.96. The Morgan fingerprint density at radius 2 is 1.68 bits per heavy atom. The molecule has 1 aromatic carbocycles. The van der Waals surface area contributed by atoms with Crippen LogP contribution in [0.5, 0.6) is 0 Å². The zero-order valence-electron chi connectivity index (χ0n) is 13.1. The van der Waals surface area contributed by atoms with Crippen LogP contribution in [0.1, 0.15) is 5.69 Å². The van der Waals surface area contributed by atoms with E-state index >= 15 is 0 Å². The van der Waals surface area contributed by atoms with Crippen molar-refractivity contribution in [2.45, 2.75) is 6.18 Å². The van der Waals surface area contributed by atoms with Crippen molar-refractivity contribution >= 4 is 11.9 Å². The number of amides is 1. The van der Waals surface area contributed by atoms with Gasteiger partial charge in [0.15, 0.2) is 11.5 Å². The first-order valence-electron chi connectivity index (χ1n) is 7.59. The van der Waals surface area contributed by atoms with Crippen molar-refractivity contribution in [2.24, 2.45) is 0 Å². The molecule has 0 unspecified atom stereocenters. The normalized spacial score (nSPS) is 15.3. The van der Waals surface area contributed by atoms with Crippen LogP contribution in [0.4, 0.5) is 23.8 Å². The van der Waals surface area contributed by atoms with Gasteiger partial charge in [-0.2, -0.15) is 13.2 Å². The van der Waals surface area contributed by atoms with Gasteiger partial charge in [-0.1, -0.05) is 30.3 Å². The van der Waals surface area contributed by atoms with Gasteiger partial charge in [0.05, 0.1) is 0 Å². The lowest BCUT2D eigenvalue weighted by Gasteiger charge is -2.33. The monoisotopic (exact) mass is 352 g/mol. The van der Waals surface area contributed by atoms with E-state index in [1.165, 1.54) is 11.0 Å². The van der Waals surface area contributed by atoms with Crippen molar-refractivity contribution in [1.82, 2.24) is 15.1 Å². The molecule has 1 aliphatic rings. The highest BCUT2D eigenvalue weighted by atomic mass is 19.4. The highest BCUT2D eigenvalue weighted by Crippen LogP contribution is 2.36. The number of carboxylic acid groups (broad SMARTS) is 1. The molecule has 2 aromatic rings. The van der Waals surface area contributed by atoms with E-state index < -0.39 is 18.0 Å². The number of hydrogen-bond donors (Lipinski definition) is 1. The van der Waals surface area contributed by atoms with Gasteiger partial charge in [0, 0.05) is 31.7 Å². The van der Waals surface area contributed by atoms with E-state index in [0.717, 1.165) is 0 Å². The molecule has 1 aliphatic heterocycles. The number of nitrogens with zero attached hydrogens (tertiary/aromatic N) is 4. The first kappa shape index (κ1) is 17.0. The Balaban J connectivity index is 1.94. The summed E-state index contributed by atoms with van der Waals surface area (Å²) in [7, 11) is 0. The van der Waals surface area contributed by atoms with Crippen LogP contribution in [-0.4, -0.2) is 52.5 Å². The number of hydrogen-bond acceptors (Lipinski definition) is 4. The fourth-order valence-electron chi connectivity index (χ4n) is 2.71. The molecule has 0 saturated carbocycles. The van der Waals surface area contributed by atoms with E-state index in [0.29, 0.717) is 24.5 Å². The molecule has 0 aliphatic carbocycles. The molecule has 0 radical (unpaired) electrons. The lowest BCUT2D eigenvalue weighted by atomic mass is 10.0. The Morgan fingerprint density at radius 1 is 1.04 bits per heavy atom. The van der Waals surface area contributed by atoms with E-state index in [1.54, 1.807) is 35.2 Å². The van der Waals surface area contributed by atoms with Crippen LogP contribution in [0, 0.1) is 0 Å². The Labute approximate surface area is 141 Å². The fourth-order valence-corrected chi connectivity index (χ4v) is 2.71. The van der Waals surface area contributed by atoms with Gasteiger partial charge in [-0.05, 0) is 11.6 Å². The molecule has 3 rings (SSSR count). The predicted molar refractivity (Wildman–Crippen MR) is 84.3 cm³/mol. The largest absolute Gasteiger partial charge is 0.465 e. The molecule has 9 heteroatoms. The number of anilines is 1. The maximum atomic E-state index is 13.3. The van der Waals surface area contributed by atoms with E-state index in [9.17, 15) is 18.0 Å². The van der Waals surface area contributed by atoms with E-state index in [1.807, 2.05) is 0 Å². The number of halogens is 3. The smallest absolute Gasteiger partial charge is 0.435 e. The average Bonchev–Trinajstić information content (AvgIpc) is 2.61. The minimum Gasteiger partial charge on any atom is -0.465 e. The summed E-state index contributed by atoms with van der Waals surface area (Å²) in [6.07, 6.45) is -5.62. The highest BCUT2D eigenvalue weighted by molar-refractivity contribution is 5.69. The SMILES string of the molecule is O=C(O)N1CCN(c2cc(-c3ccccc3)c(C(F)(F)F)nn2)CC1. The topological polar surface area (TPSA) is 69.6 Å². The minimum atomic E-state index is -4.61. The molecule has 0 bridgehead atoms. The fraction of sp³-hybridized carbons (Fsp3) is 0.312. The third-order valence-electron chi connectivity index (χ3n) is 4.01. The van der Waals surface area contributed by atoms with Crippen LogP contribution in [-0.2, 0) is 6.18 Å². The maximum Gasteiger partial charge on any atom is 0.435 e. The van der Waals surface area contributed by atoms with Crippen LogP contribution in [0.15, 0.2) is 36.4 Å². The third kappa shape index (κ3) is 3.65. The minimum absolute atomic E-state index is 0.0428. The van der Waals surface area contributed by atoms with Gasteiger partial charge in [-0.3, -0.25) is 0 Å². The Morgan fingerprint density at radius 3 is 2.24 bits per heavy atom. The summed E-state index contributed by atoms with van der Waals surface area (Å²) in [6, 6.07) is 9.55. The number of alkyl halides is 3. The van der Waals surface area contributed by atoms with Gasteiger partial charge in [-0.15, -0.1) is 10.2 Å². The summed E-state index contributed by atoms with van der Waals surface area (Å²) in [6.45, 7) is 1.22. The molecule has 0 spiro atoms. The summed E-state index contributed by atoms with van der Waals surface area (Å²) in [5.74, 6) is 0.303. The van der Waals surface area contributed by atoms with Crippen molar-refractivity contribution < 1.29 is 23.1 Å². The number of rotatable bonds is 2. The second-order valence-corrected chi connectivity index (χ2v) is 5.59.